The lowest BCUT2D eigenvalue weighted by Crippen LogP contribution is -2.28. The van der Waals surface area contributed by atoms with Crippen molar-refractivity contribution >= 4 is 6.21 Å². The van der Waals surface area contributed by atoms with E-state index in [0.29, 0.717) is 12.2 Å². The molecule has 0 amide bonds. The first-order valence-electron chi connectivity index (χ1n) is 5.49. The third-order valence-corrected chi connectivity index (χ3v) is 1.99. The van der Waals surface area contributed by atoms with E-state index in [4.69, 9.17) is 4.84 Å². The summed E-state index contributed by atoms with van der Waals surface area (Å²) in [5.74, 6) is 0.296. The second kappa shape index (κ2) is 8.70. The first-order valence-corrected chi connectivity index (χ1v) is 5.49. The van der Waals surface area contributed by atoms with Crippen molar-refractivity contribution in [3.63, 3.8) is 0 Å². The van der Waals surface area contributed by atoms with Gasteiger partial charge in [0.2, 0.25) is 0 Å². The summed E-state index contributed by atoms with van der Waals surface area (Å²) in [4.78, 5) is 8.70. The van der Waals surface area contributed by atoms with Crippen LogP contribution in [0.2, 0.25) is 0 Å². The number of nitrogens with one attached hydrogen (secondary N) is 1. The highest BCUT2D eigenvalue weighted by molar-refractivity contribution is 5.75. The number of halogens is 1. The molecule has 0 aromatic carbocycles. The summed E-state index contributed by atoms with van der Waals surface area (Å²) >= 11 is 0. The van der Waals surface area contributed by atoms with Crippen LogP contribution in [0.3, 0.4) is 0 Å². The molecule has 0 spiro atoms. The lowest BCUT2D eigenvalue weighted by molar-refractivity contribution is 0.0840. The van der Waals surface area contributed by atoms with Crippen molar-refractivity contribution in [1.82, 2.24) is 5.48 Å². The summed E-state index contributed by atoms with van der Waals surface area (Å²) in [6.07, 6.45) is 5.12. The lowest BCUT2D eigenvalue weighted by atomic mass is 10.0. The third-order valence-electron chi connectivity index (χ3n) is 1.99. The maximum atomic E-state index is 13.1. The zero-order chi connectivity index (χ0) is 13.3. The van der Waals surface area contributed by atoms with Crippen molar-refractivity contribution in [2.75, 3.05) is 7.05 Å². The van der Waals surface area contributed by atoms with Gasteiger partial charge in [-0.05, 0) is 25.3 Å². The van der Waals surface area contributed by atoms with Crippen LogP contribution in [0.1, 0.15) is 20.3 Å². The SMILES string of the molecule is C=CC(C[C@H](C)/C=C(/F)C=NC)NOC(=C)C. The van der Waals surface area contributed by atoms with Gasteiger partial charge in [0.25, 0.3) is 0 Å². The highest BCUT2D eigenvalue weighted by Crippen LogP contribution is 2.11. The van der Waals surface area contributed by atoms with Gasteiger partial charge in [0, 0.05) is 7.05 Å². The Bertz CT molecular complexity index is 311. The molecule has 0 bridgehead atoms. The number of hydrogen-bond donors (Lipinski definition) is 1. The van der Waals surface area contributed by atoms with Crippen LogP contribution in [-0.4, -0.2) is 19.3 Å². The molecule has 3 nitrogen and oxygen atoms in total. The van der Waals surface area contributed by atoms with Crippen LogP contribution in [0, 0.1) is 5.92 Å². The molecule has 0 aliphatic heterocycles. The molecule has 2 atom stereocenters. The zero-order valence-electron chi connectivity index (χ0n) is 10.7. The Morgan fingerprint density at radius 1 is 1.59 bits per heavy atom. The van der Waals surface area contributed by atoms with Crippen molar-refractivity contribution in [3.05, 3.63) is 36.9 Å². The summed E-state index contributed by atoms with van der Waals surface area (Å²) in [7, 11) is 1.53. The van der Waals surface area contributed by atoms with E-state index in [0.717, 1.165) is 0 Å². The van der Waals surface area contributed by atoms with E-state index in [1.54, 1.807) is 13.0 Å². The van der Waals surface area contributed by atoms with Crippen LogP contribution < -0.4 is 5.48 Å². The maximum absolute atomic E-state index is 13.1. The minimum absolute atomic E-state index is 0.0516. The number of hydroxylamine groups is 1. The van der Waals surface area contributed by atoms with Crippen molar-refractivity contribution < 1.29 is 9.23 Å². The molecule has 1 N–H and O–H groups in total. The van der Waals surface area contributed by atoms with Crippen LogP contribution >= 0.6 is 0 Å². The summed E-state index contributed by atoms with van der Waals surface area (Å²) in [5, 5.41) is 0. The minimum Gasteiger partial charge on any atom is -0.414 e. The second-order valence-corrected chi connectivity index (χ2v) is 3.92. The van der Waals surface area contributed by atoms with Gasteiger partial charge in [-0.2, -0.15) is 5.48 Å². The van der Waals surface area contributed by atoms with Gasteiger partial charge in [-0.25, -0.2) is 4.39 Å². The van der Waals surface area contributed by atoms with Gasteiger partial charge in [0.15, 0.2) is 0 Å². The zero-order valence-corrected chi connectivity index (χ0v) is 10.7. The van der Waals surface area contributed by atoms with Crippen molar-refractivity contribution in [2.45, 2.75) is 26.3 Å². The highest BCUT2D eigenvalue weighted by atomic mass is 19.1. The van der Waals surface area contributed by atoms with Gasteiger partial charge in [-0.1, -0.05) is 19.6 Å². The summed E-state index contributed by atoms with van der Waals surface area (Å²) < 4.78 is 13.1. The van der Waals surface area contributed by atoms with E-state index >= 15 is 0 Å². The van der Waals surface area contributed by atoms with Crippen molar-refractivity contribution in [3.8, 4) is 0 Å². The van der Waals surface area contributed by atoms with Gasteiger partial charge in [0.05, 0.1) is 12.3 Å². The fraction of sp³-hybridized carbons (Fsp3) is 0.462. The van der Waals surface area contributed by atoms with E-state index in [-0.39, 0.29) is 17.8 Å². The fourth-order valence-electron chi connectivity index (χ4n) is 1.28. The predicted octanol–water partition coefficient (Wildman–Crippen LogP) is 3.18. The average molecular weight is 240 g/mol. The van der Waals surface area contributed by atoms with Crippen molar-refractivity contribution in [2.24, 2.45) is 10.9 Å². The van der Waals surface area contributed by atoms with Gasteiger partial charge >= 0.3 is 0 Å². The summed E-state index contributed by atoms with van der Waals surface area (Å²) in [5.41, 5.74) is 2.80. The van der Waals surface area contributed by atoms with E-state index < -0.39 is 0 Å². The molecule has 0 saturated carbocycles. The Labute approximate surface area is 103 Å². The summed E-state index contributed by atoms with van der Waals surface area (Å²) in [6.45, 7) is 11.0. The van der Waals surface area contributed by atoms with Crippen LogP contribution in [0.5, 0.6) is 0 Å². The molecule has 0 saturated heterocycles. The molecule has 4 heteroatoms. The molecule has 1 unspecified atom stereocenters. The maximum Gasteiger partial charge on any atom is 0.137 e. The minimum atomic E-state index is -0.330. The molecule has 0 fully saturated rings. The monoisotopic (exact) mass is 240 g/mol. The largest absolute Gasteiger partial charge is 0.414 e. The first-order chi connectivity index (χ1) is 7.99. The number of allylic oxidation sites excluding steroid dienone is 3. The average Bonchev–Trinajstić information content (AvgIpc) is 2.24. The second-order valence-electron chi connectivity index (χ2n) is 3.92. The molecule has 0 rings (SSSR count). The molecule has 0 heterocycles. The predicted molar refractivity (Wildman–Crippen MR) is 70.4 cm³/mol. The Morgan fingerprint density at radius 2 is 2.24 bits per heavy atom. The third kappa shape index (κ3) is 8.39. The van der Waals surface area contributed by atoms with Crippen LogP contribution in [-0.2, 0) is 4.84 Å². The van der Waals surface area contributed by atoms with Gasteiger partial charge < -0.3 is 4.84 Å². The molecule has 0 aliphatic rings. The van der Waals surface area contributed by atoms with Gasteiger partial charge in [0.1, 0.15) is 11.6 Å². The summed E-state index contributed by atoms with van der Waals surface area (Å²) in [6, 6.07) is -0.0516. The molecule has 0 aromatic heterocycles. The van der Waals surface area contributed by atoms with Crippen molar-refractivity contribution in [1.29, 1.82) is 0 Å². The topological polar surface area (TPSA) is 33.6 Å². The molecule has 0 aromatic rings. The van der Waals surface area contributed by atoms with Gasteiger partial charge in [-0.15, -0.1) is 6.58 Å². The lowest BCUT2D eigenvalue weighted by Gasteiger charge is -2.17. The normalized spacial score (nSPS) is 15.6. The van der Waals surface area contributed by atoms with Crippen LogP contribution in [0.15, 0.2) is 41.9 Å². The Morgan fingerprint density at radius 3 is 2.71 bits per heavy atom. The van der Waals surface area contributed by atoms with E-state index in [1.165, 1.54) is 19.3 Å². The van der Waals surface area contributed by atoms with E-state index in [1.807, 2.05) is 6.92 Å². The molecular weight excluding hydrogens is 219 g/mol. The quantitative estimate of drug-likeness (QED) is 0.306. The Hall–Kier alpha value is -1.42. The highest BCUT2D eigenvalue weighted by Gasteiger charge is 2.09. The van der Waals surface area contributed by atoms with Crippen LogP contribution in [0.4, 0.5) is 4.39 Å². The molecular formula is C13H21FN2O. The number of hydrogen-bond acceptors (Lipinski definition) is 3. The molecule has 0 radical (unpaired) electrons. The standard InChI is InChI=1S/C13H21FN2O/c1-6-13(16-17-10(2)3)8-11(4)7-12(14)9-15-5/h6-7,9,11,13,16H,1-2,8H2,3-5H3/b12-7+,15-9?/t11-,13?/m1/s1. The first kappa shape index (κ1) is 15.6. The smallest absolute Gasteiger partial charge is 0.137 e. The Kier molecular flexibility index (Phi) is 7.97. The Balaban J connectivity index is 4.23. The number of rotatable bonds is 8. The number of aliphatic imine (C=N–C) groups is 1. The molecule has 0 aliphatic carbocycles. The van der Waals surface area contributed by atoms with E-state index in [9.17, 15) is 4.39 Å². The molecule has 17 heavy (non-hydrogen) atoms. The fourth-order valence-corrected chi connectivity index (χ4v) is 1.28. The van der Waals surface area contributed by atoms with E-state index in [2.05, 4.69) is 23.6 Å². The van der Waals surface area contributed by atoms with Gasteiger partial charge in [-0.3, -0.25) is 4.99 Å². The molecule has 96 valence electrons. The number of nitrogens with zero attached hydrogens (tertiary/aromatic N) is 1. The van der Waals surface area contributed by atoms with Crippen LogP contribution in [0.25, 0.3) is 0 Å².